The van der Waals surface area contributed by atoms with Gasteiger partial charge in [0.15, 0.2) is 11.5 Å². The number of hydrogen-bond donors (Lipinski definition) is 0. The minimum absolute atomic E-state index is 0.0189. The fraction of sp³-hybridized carbons (Fsp3) is 0.269. The molecule has 2 aromatic carbocycles. The highest BCUT2D eigenvalue weighted by molar-refractivity contribution is 6.19. The average Bonchev–Trinajstić information content (AvgIpc) is 2.76. The number of benzene rings is 2. The lowest BCUT2D eigenvalue weighted by Gasteiger charge is -2.30. The van der Waals surface area contributed by atoms with Gasteiger partial charge in [-0.3, -0.25) is 14.5 Å². The van der Waals surface area contributed by atoms with Crippen molar-refractivity contribution in [2.75, 3.05) is 7.11 Å². The van der Waals surface area contributed by atoms with Crippen LogP contribution in [0.4, 0.5) is 0 Å². The van der Waals surface area contributed by atoms with Gasteiger partial charge in [0, 0.05) is 11.6 Å². The lowest BCUT2D eigenvalue weighted by atomic mass is 9.93. The molecule has 6 nitrogen and oxygen atoms in total. The van der Waals surface area contributed by atoms with Crippen molar-refractivity contribution < 1.29 is 19.1 Å². The van der Waals surface area contributed by atoms with E-state index in [2.05, 4.69) is 0 Å². The number of methoxy groups -OCH3 is 1. The largest absolute Gasteiger partial charge is 0.493 e. The normalized spacial score (nSPS) is 15.4. The van der Waals surface area contributed by atoms with Crippen molar-refractivity contribution in [2.24, 2.45) is 0 Å². The summed E-state index contributed by atoms with van der Waals surface area (Å²) in [7, 11) is 1.55. The highest BCUT2D eigenvalue weighted by Gasteiger charge is 2.36. The number of carbonyl (C=O) groups is 2. The van der Waals surface area contributed by atoms with Crippen LogP contribution in [0.3, 0.4) is 0 Å². The van der Waals surface area contributed by atoms with E-state index < -0.39 is 11.8 Å². The summed E-state index contributed by atoms with van der Waals surface area (Å²) in [4.78, 5) is 26.6. The number of nitrogens with zero attached hydrogens (tertiary/aromatic N) is 2. The highest BCUT2D eigenvalue weighted by Crippen LogP contribution is 2.32. The second-order valence-electron chi connectivity index (χ2n) is 7.93. The molecule has 164 valence electrons. The zero-order valence-corrected chi connectivity index (χ0v) is 18.9. The van der Waals surface area contributed by atoms with Crippen molar-refractivity contribution >= 4 is 17.9 Å². The molecule has 6 heteroatoms. The van der Waals surface area contributed by atoms with Gasteiger partial charge in [0.1, 0.15) is 18.2 Å². The topological polar surface area (TPSA) is 79.6 Å². The second kappa shape index (κ2) is 9.52. The first-order chi connectivity index (χ1) is 15.3. The first-order valence-corrected chi connectivity index (χ1v) is 10.3. The third-order valence-electron chi connectivity index (χ3n) is 5.30. The Kier molecular flexibility index (Phi) is 6.79. The van der Waals surface area contributed by atoms with Gasteiger partial charge in [-0.05, 0) is 62.6 Å². The van der Waals surface area contributed by atoms with E-state index in [1.54, 1.807) is 46.1 Å². The maximum atomic E-state index is 13.0. The summed E-state index contributed by atoms with van der Waals surface area (Å²) in [6, 6.07) is 15.0. The van der Waals surface area contributed by atoms with E-state index in [9.17, 15) is 14.9 Å². The number of hydrogen-bond acceptors (Lipinski definition) is 5. The summed E-state index contributed by atoms with van der Waals surface area (Å²) < 4.78 is 11.4. The van der Waals surface area contributed by atoms with E-state index in [1.807, 2.05) is 43.3 Å². The van der Waals surface area contributed by atoms with Gasteiger partial charge in [0.2, 0.25) is 0 Å². The molecule has 32 heavy (non-hydrogen) atoms. The van der Waals surface area contributed by atoms with Gasteiger partial charge < -0.3 is 9.47 Å². The molecular weight excluding hydrogens is 404 g/mol. The molecule has 0 unspecified atom stereocenters. The number of aryl methyl sites for hydroxylation is 1. The van der Waals surface area contributed by atoms with Crippen molar-refractivity contribution in [3.05, 3.63) is 75.9 Å². The van der Waals surface area contributed by atoms with E-state index in [4.69, 9.17) is 9.47 Å². The van der Waals surface area contributed by atoms with Crippen LogP contribution in [0.1, 0.15) is 37.5 Å². The summed E-state index contributed by atoms with van der Waals surface area (Å²) in [6.07, 6.45) is 1.67. The van der Waals surface area contributed by atoms with E-state index in [0.717, 1.165) is 10.5 Å². The number of nitriles is 1. The highest BCUT2D eigenvalue weighted by atomic mass is 16.5. The monoisotopic (exact) mass is 430 g/mol. The van der Waals surface area contributed by atoms with Crippen molar-refractivity contribution in [3.8, 4) is 17.6 Å². The number of amides is 2. The average molecular weight is 431 g/mol. The lowest BCUT2D eigenvalue weighted by molar-refractivity contribution is -0.142. The molecule has 1 aliphatic rings. The van der Waals surface area contributed by atoms with Crippen LogP contribution in [-0.4, -0.2) is 29.9 Å². The van der Waals surface area contributed by atoms with Crippen LogP contribution in [0.25, 0.3) is 6.08 Å². The minimum atomic E-state index is -0.556. The fourth-order valence-corrected chi connectivity index (χ4v) is 3.47. The molecular formula is C26H26N2O4. The van der Waals surface area contributed by atoms with E-state index in [1.165, 1.54) is 5.56 Å². The molecule has 0 fully saturated rings. The van der Waals surface area contributed by atoms with Crippen LogP contribution in [0.15, 0.2) is 59.2 Å². The van der Waals surface area contributed by atoms with Crippen molar-refractivity contribution in [2.45, 2.75) is 40.3 Å². The second-order valence-corrected chi connectivity index (χ2v) is 7.93. The van der Waals surface area contributed by atoms with E-state index >= 15 is 0 Å². The molecule has 0 atom stereocenters. The molecule has 1 aliphatic heterocycles. The maximum Gasteiger partial charge on any atom is 0.271 e. The van der Waals surface area contributed by atoms with Crippen LogP contribution in [-0.2, 0) is 16.2 Å². The molecule has 0 saturated carbocycles. The predicted octanol–water partition coefficient (Wildman–Crippen LogP) is 4.58. The minimum Gasteiger partial charge on any atom is -0.493 e. The summed E-state index contributed by atoms with van der Waals surface area (Å²) >= 11 is 0. The van der Waals surface area contributed by atoms with Gasteiger partial charge in [-0.15, -0.1) is 0 Å². The molecule has 0 radical (unpaired) electrons. The van der Waals surface area contributed by atoms with E-state index in [0.29, 0.717) is 34.8 Å². The zero-order valence-electron chi connectivity index (χ0n) is 18.9. The summed E-state index contributed by atoms with van der Waals surface area (Å²) in [5, 5.41) is 9.46. The standard InChI is InChI=1S/C26H26N2O4/c1-16(2)28-25(29)21(18(4)22(14-27)26(28)30)12-20-10-11-23(24(13-20)31-5)32-15-19-8-6-17(3)7-9-19/h6-13,16H,15H2,1-5H3/b21-12+. The van der Waals surface area contributed by atoms with Crippen LogP contribution in [0.2, 0.25) is 0 Å². The number of rotatable bonds is 6. The third kappa shape index (κ3) is 4.57. The molecule has 3 rings (SSSR count). The fourth-order valence-electron chi connectivity index (χ4n) is 3.47. The molecule has 1 heterocycles. The predicted molar refractivity (Wildman–Crippen MR) is 122 cm³/mol. The Hall–Kier alpha value is -3.85. The molecule has 0 N–H and O–H groups in total. The molecule has 2 amide bonds. The van der Waals surface area contributed by atoms with Crippen molar-refractivity contribution in [1.82, 2.24) is 4.90 Å². The molecule has 2 aromatic rings. The molecule has 0 aromatic heterocycles. The summed E-state index contributed by atoms with van der Waals surface area (Å²) in [5.74, 6) is 0.127. The Morgan fingerprint density at radius 3 is 2.31 bits per heavy atom. The van der Waals surface area contributed by atoms with Crippen LogP contribution < -0.4 is 9.47 Å². The van der Waals surface area contributed by atoms with Gasteiger partial charge in [-0.2, -0.15) is 5.26 Å². The van der Waals surface area contributed by atoms with Crippen LogP contribution >= 0.6 is 0 Å². The molecule has 0 bridgehead atoms. The van der Waals surface area contributed by atoms with Gasteiger partial charge in [-0.25, -0.2) is 0 Å². The summed E-state index contributed by atoms with van der Waals surface area (Å²) in [6.45, 7) is 7.53. The van der Waals surface area contributed by atoms with Crippen LogP contribution in [0.5, 0.6) is 11.5 Å². The zero-order chi connectivity index (χ0) is 23.4. The Morgan fingerprint density at radius 2 is 1.72 bits per heavy atom. The maximum absolute atomic E-state index is 13.0. The number of carbonyl (C=O) groups excluding carboxylic acids is 2. The van der Waals surface area contributed by atoms with Crippen LogP contribution in [0, 0.1) is 18.3 Å². The Morgan fingerprint density at radius 1 is 1.03 bits per heavy atom. The smallest absolute Gasteiger partial charge is 0.271 e. The SMILES string of the molecule is COc1cc(/C=C2/C(=O)N(C(C)C)C(=O)C(C#N)=C2C)ccc1OCc1ccc(C)cc1. The van der Waals surface area contributed by atoms with Gasteiger partial charge in [0.25, 0.3) is 11.8 Å². The number of ether oxygens (including phenoxy) is 2. The molecule has 0 saturated heterocycles. The number of imide groups is 1. The first-order valence-electron chi connectivity index (χ1n) is 10.3. The Labute approximate surface area is 188 Å². The van der Waals surface area contributed by atoms with Gasteiger partial charge in [-0.1, -0.05) is 35.9 Å². The van der Waals surface area contributed by atoms with Gasteiger partial charge >= 0.3 is 0 Å². The van der Waals surface area contributed by atoms with Crippen molar-refractivity contribution in [1.29, 1.82) is 5.26 Å². The van der Waals surface area contributed by atoms with Crippen molar-refractivity contribution in [3.63, 3.8) is 0 Å². The summed E-state index contributed by atoms with van der Waals surface area (Å²) in [5.41, 5.74) is 3.59. The lowest BCUT2D eigenvalue weighted by Crippen LogP contribution is -2.46. The van der Waals surface area contributed by atoms with E-state index in [-0.39, 0.29) is 11.6 Å². The van der Waals surface area contributed by atoms with Gasteiger partial charge in [0.05, 0.1) is 7.11 Å². The third-order valence-corrected chi connectivity index (χ3v) is 5.30. The molecule has 0 spiro atoms. The Bertz CT molecular complexity index is 1150. The first kappa shape index (κ1) is 22.8. The quantitative estimate of drug-likeness (QED) is 0.495. The molecule has 0 aliphatic carbocycles. The Balaban J connectivity index is 1.93.